The Morgan fingerprint density at radius 3 is 2.94 bits per heavy atom. The summed E-state index contributed by atoms with van der Waals surface area (Å²) in [6, 6.07) is 0. The third-order valence-electron chi connectivity index (χ3n) is 4.45. The minimum absolute atomic E-state index is 0.256. The highest BCUT2D eigenvalue weighted by atomic mass is 16.1. The van der Waals surface area contributed by atoms with E-state index in [0.29, 0.717) is 0 Å². The fourth-order valence-electron chi connectivity index (χ4n) is 3.66. The first-order valence-electron chi connectivity index (χ1n) is 6.47. The van der Waals surface area contributed by atoms with Crippen LogP contribution in [0.3, 0.4) is 0 Å². The fraction of sp³-hybridized carbons (Fsp3) is 0.643. The number of piperidine rings is 1. The fourth-order valence-corrected chi connectivity index (χ4v) is 3.66. The standard InChI is InChI=1S/C14H19NO/c1-3-5-11-10(4-2)12(16)6-13-14(11)7-9(14)8-15-13/h6,9,15H,3-5,7-8H2,1-2H3. The summed E-state index contributed by atoms with van der Waals surface area (Å²) >= 11 is 0. The van der Waals surface area contributed by atoms with Crippen LogP contribution in [0, 0.1) is 11.3 Å². The summed E-state index contributed by atoms with van der Waals surface area (Å²) in [5, 5.41) is 3.42. The molecule has 1 N–H and O–H groups in total. The lowest BCUT2D eigenvalue weighted by molar-refractivity contribution is -0.111. The molecular weight excluding hydrogens is 198 g/mol. The smallest absolute Gasteiger partial charge is 0.183 e. The van der Waals surface area contributed by atoms with Crippen molar-refractivity contribution in [1.29, 1.82) is 0 Å². The monoisotopic (exact) mass is 217 g/mol. The van der Waals surface area contributed by atoms with Gasteiger partial charge >= 0.3 is 0 Å². The first-order chi connectivity index (χ1) is 7.74. The number of hydrogen-bond acceptors (Lipinski definition) is 2. The van der Waals surface area contributed by atoms with E-state index in [1.165, 1.54) is 17.7 Å². The van der Waals surface area contributed by atoms with Gasteiger partial charge in [-0.25, -0.2) is 0 Å². The second-order valence-electron chi connectivity index (χ2n) is 5.24. The number of ketones is 1. The lowest BCUT2D eigenvalue weighted by atomic mass is 9.78. The molecule has 2 nitrogen and oxygen atoms in total. The summed E-state index contributed by atoms with van der Waals surface area (Å²) in [5.41, 5.74) is 4.09. The van der Waals surface area contributed by atoms with Crippen molar-refractivity contribution in [1.82, 2.24) is 5.32 Å². The van der Waals surface area contributed by atoms with Crippen molar-refractivity contribution < 1.29 is 4.79 Å². The highest BCUT2D eigenvalue weighted by Crippen LogP contribution is 2.67. The number of carbonyl (C=O) groups is 1. The second kappa shape index (κ2) is 3.22. The normalized spacial score (nSPS) is 35.5. The Hall–Kier alpha value is -1.05. The third kappa shape index (κ3) is 1.05. The molecule has 0 aromatic rings. The molecule has 2 fully saturated rings. The van der Waals surface area contributed by atoms with Crippen molar-refractivity contribution in [2.45, 2.75) is 39.5 Å². The minimum Gasteiger partial charge on any atom is -0.387 e. The minimum atomic E-state index is 0.256. The number of hydrogen-bond donors (Lipinski definition) is 1. The zero-order valence-electron chi connectivity index (χ0n) is 10.1. The van der Waals surface area contributed by atoms with Gasteiger partial charge in [-0.3, -0.25) is 4.79 Å². The van der Waals surface area contributed by atoms with Crippen LogP contribution in [0.1, 0.15) is 39.5 Å². The molecule has 1 heterocycles. The Morgan fingerprint density at radius 1 is 1.50 bits per heavy atom. The molecule has 16 heavy (non-hydrogen) atoms. The molecular formula is C14H19NO. The molecule has 2 aliphatic carbocycles. The van der Waals surface area contributed by atoms with Gasteiger partial charge in [-0.05, 0) is 30.8 Å². The molecule has 1 spiro atoms. The molecule has 1 saturated carbocycles. The van der Waals surface area contributed by atoms with Gasteiger partial charge in [0.25, 0.3) is 0 Å². The largest absolute Gasteiger partial charge is 0.387 e. The van der Waals surface area contributed by atoms with Crippen LogP contribution in [0.4, 0.5) is 0 Å². The van der Waals surface area contributed by atoms with Gasteiger partial charge in [-0.15, -0.1) is 0 Å². The molecule has 0 aromatic carbocycles. The van der Waals surface area contributed by atoms with Crippen LogP contribution in [-0.4, -0.2) is 12.3 Å². The van der Waals surface area contributed by atoms with E-state index >= 15 is 0 Å². The van der Waals surface area contributed by atoms with Gasteiger partial charge in [-0.2, -0.15) is 0 Å². The zero-order valence-corrected chi connectivity index (χ0v) is 10.1. The predicted octanol–water partition coefficient (Wildman–Crippen LogP) is 2.57. The summed E-state index contributed by atoms with van der Waals surface area (Å²) in [7, 11) is 0. The van der Waals surface area contributed by atoms with Crippen molar-refractivity contribution in [2.75, 3.05) is 6.54 Å². The molecule has 1 aliphatic heterocycles. The molecule has 3 aliphatic rings. The van der Waals surface area contributed by atoms with E-state index in [0.717, 1.165) is 37.3 Å². The maximum atomic E-state index is 12.0. The maximum absolute atomic E-state index is 12.0. The summed E-state index contributed by atoms with van der Waals surface area (Å²) in [5.74, 6) is 1.03. The molecule has 0 bridgehead atoms. The predicted molar refractivity (Wildman–Crippen MR) is 63.9 cm³/mol. The highest BCUT2D eigenvalue weighted by Gasteiger charge is 2.64. The SMILES string of the molecule is CCCC1=C(CC)C(=O)C=C2NCC3CC213. The Bertz CT molecular complexity index is 418. The van der Waals surface area contributed by atoms with E-state index in [9.17, 15) is 4.79 Å². The Balaban J connectivity index is 2.09. The molecule has 86 valence electrons. The van der Waals surface area contributed by atoms with E-state index in [1.807, 2.05) is 6.08 Å². The molecule has 0 aromatic heterocycles. The van der Waals surface area contributed by atoms with Crippen LogP contribution >= 0.6 is 0 Å². The van der Waals surface area contributed by atoms with Crippen LogP contribution in [-0.2, 0) is 4.79 Å². The van der Waals surface area contributed by atoms with Gasteiger partial charge in [0, 0.05) is 23.7 Å². The van der Waals surface area contributed by atoms with Crippen molar-refractivity contribution in [3.05, 3.63) is 22.9 Å². The average Bonchev–Trinajstić information content (AvgIpc) is 2.89. The van der Waals surface area contributed by atoms with E-state index in [-0.39, 0.29) is 11.2 Å². The molecule has 2 heteroatoms. The summed E-state index contributed by atoms with van der Waals surface area (Å²) < 4.78 is 0. The first-order valence-corrected chi connectivity index (χ1v) is 6.47. The average molecular weight is 217 g/mol. The topological polar surface area (TPSA) is 29.1 Å². The van der Waals surface area contributed by atoms with Gasteiger partial charge in [0.1, 0.15) is 0 Å². The number of allylic oxidation sites excluding steroid dienone is 3. The molecule has 0 radical (unpaired) electrons. The Kier molecular flexibility index (Phi) is 2.04. The lowest BCUT2D eigenvalue weighted by Gasteiger charge is -2.26. The van der Waals surface area contributed by atoms with Crippen molar-refractivity contribution in [3.63, 3.8) is 0 Å². The van der Waals surface area contributed by atoms with Crippen LogP contribution in [0.15, 0.2) is 22.9 Å². The second-order valence-corrected chi connectivity index (χ2v) is 5.24. The number of nitrogens with one attached hydrogen (secondary N) is 1. The van der Waals surface area contributed by atoms with Crippen molar-refractivity contribution >= 4 is 5.78 Å². The molecule has 2 unspecified atom stereocenters. The van der Waals surface area contributed by atoms with Crippen LogP contribution in [0.5, 0.6) is 0 Å². The quantitative estimate of drug-likeness (QED) is 0.787. The summed E-state index contributed by atoms with van der Waals surface area (Å²) in [4.78, 5) is 12.0. The van der Waals surface area contributed by atoms with Crippen molar-refractivity contribution in [2.24, 2.45) is 11.3 Å². The van der Waals surface area contributed by atoms with Gasteiger partial charge < -0.3 is 5.32 Å². The molecule has 1 saturated heterocycles. The maximum Gasteiger partial charge on any atom is 0.183 e. The zero-order chi connectivity index (χ0) is 11.3. The van der Waals surface area contributed by atoms with Crippen LogP contribution < -0.4 is 5.32 Å². The first kappa shape index (κ1) is 10.1. The van der Waals surface area contributed by atoms with Crippen molar-refractivity contribution in [3.8, 4) is 0 Å². The number of rotatable bonds is 3. The molecule has 0 amide bonds. The van der Waals surface area contributed by atoms with E-state index in [4.69, 9.17) is 0 Å². The molecule has 2 atom stereocenters. The number of carbonyl (C=O) groups excluding carboxylic acids is 1. The lowest BCUT2D eigenvalue weighted by Crippen LogP contribution is -2.24. The van der Waals surface area contributed by atoms with Crippen LogP contribution in [0.2, 0.25) is 0 Å². The van der Waals surface area contributed by atoms with E-state index in [1.54, 1.807) is 0 Å². The van der Waals surface area contributed by atoms with Gasteiger partial charge in [0.15, 0.2) is 5.78 Å². The summed E-state index contributed by atoms with van der Waals surface area (Å²) in [6.45, 7) is 5.39. The van der Waals surface area contributed by atoms with E-state index < -0.39 is 0 Å². The van der Waals surface area contributed by atoms with Crippen LogP contribution in [0.25, 0.3) is 0 Å². The van der Waals surface area contributed by atoms with Gasteiger partial charge in [-0.1, -0.05) is 25.8 Å². The highest BCUT2D eigenvalue weighted by molar-refractivity contribution is 6.07. The van der Waals surface area contributed by atoms with Gasteiger partial charge in [0.05, 0.1) is 0 Å². The van der Waals surface area contributed by atoms with Gasteiger partial charge in [0.2, 0.25) is 0 Å². The third-order valence-corrected chi connectivity index (χ3v) is 4.45. The Morgan fingerprint density at radius 2 is 2.31 bits per heavy atom. The molecule has 3 rings (SSSR count). The summed E-state index contributed by atoms with van der Waals surface area (Å²) in [6.07, 6.45) is 6.29. The Labute approximate surface area is 96.8 Å². The van der Waals surface area contributed by atoms with E-state index in [2.05, 4.69) is 19.2 Å².